The van der Waals surface area contributed by atoms with E-state index in [1.54, 1.807) is 0 Å². The van der Waals surface area contributed by atoms with Crippen molar-refractivity contribution in [1.29, 1.82) is 0 Å². The lowest BCUT2D eigenvalue weighted by Gasteiger charge is -2.40. The lowest BCUT2D eigenvalue weighted by atomic mass is 9.90. The van der Waals surface area contributed by atoms with Gasteiger partial charge in [0.25, 0.3) is 0 Å². The molecule has 9 aromatic carbocycles. The summed E-state index contributed by atoms with van der Waals surface area (Å²) in [6, 6.07) is 73.9. The van der Waals surface area contributed by atoms with Crippen molar-refractivity contribution in [2.75, 3.05) is 0 Å². The number of nitrogens with zero attached hydrogens (tertiary/aromatic N) is 1. The van der Waals surface area contributed by atoms with E-state index in [0.717, 1.165) is 33.7 Å². The Kier molecular flexibility index (Phi) is 9.32. The number of hydrogen-bond donors (Lipinski definition) is 4. The van der Waals surface area contributed by atoms with Crippen LogP contribution in [0.25, 0.3) is 49.1 Å². The Hall–Kier alpha value is -7.15. The van der Waals surface area contributed by atoms with Gasteiger partial charge >= 0.3 is 0 Å². The minimum absolute atomic E-state index is 0.0670. The Morgan fingerprint density at radius 3 is 1.60 bits per heavy atom. The highest BCUT2D eigenvalue weighted by Crippen LogP contribution is 2.39. The van der Waals surface area contributed by atoms with E-state index in [-0.39, 0.29) is 24.7 Å². The van der Waals surface area contributed by atoms with Crippen molar-refractivity contribution in [3.05, 3.63) is 246 Å². The SMILES string of the molecule is C1=C(c2ccccc2)NC(c2ccc(-c3c(C4NC(c5ccccc5)NC(c5ccccc5)N4)ccc4ccccc34)cc2)N=C1c1ccc2c(ccc3ccccc32)c1. The maximum absolute atomic E-state index is 5.39. The van der Waals surface area contributed by atoms with Crippen LogP contribution in [0.4, 0.5) is 0 Å². The molecular formula is C55H43N5. The minimum Gasteiger partial charge on any atom is -0.360 e. The molecule has 0 aliphatic carbocycles. The fraction of sp³-hybridized carbons (Fsp3) is 0.0727. The number of aliphatic imine (C=N–C) groups is 1. The van der Waals surface area contributed by atoms with Gasteiger partial charge in [-0.05, 0) is 83.4 Å². The summed E-state index contributed by atoms with van der Waals surface area (Å²) < 4.78 is 0. The number of rotatable bonds is 7. The second kappa shape index (κ2) is 15.6. The third-order valence-electron chi connectivity index (χ3n) is 12.0. The minimum atomic E-state index is -0.278. The van der Waals surface area contributed by atoms with Gasteiger partial charge in [0.1, 0.15) is 6.17 Å². The Labute approximate surface area is 350 Å². The molecule has 0 saturated carbocycles. The average Bonchev–Trinajstić information content (AvgIpc) is 3.34. The molecule has 5 nitrogen and oxygen atoms in total. The van der Waals surface area contributed by atoms with Gasteiger partial charge in [0, 0.05) is 11.3 Å². The van der Waals surface area contributed by atoms with E-state index in [1.165, 1.54) is 54.6 Å². The zero-order valence-corrected chi connectivity index (χ0v) is 33.0. The fourth-order valence-corrected chi connectivity index (χ4v) is 8.99. The molecule has 2 heterocycles. The second-order valence-corrected chi connectivity index (χ2v) is 15.7. The molecule has 1 saturated heterocycles. The van der Waals surface area contributed by atoms with Crippen LogP contribution in [0.5, 0.6) is 0 Å². The first-order chi connectivity index (χ1) is 29.7. The number of benzene rings is 9. The Morgan fingerprint density at radius 1 is 0.367 bits per heavy atom. The van der Waals surface area contributed by atoms with Crippen molar-refractivity contribution in [2.24, 2.45) is 4.99 Å². The van der Waals surface area contributed by atoms with Crippen LogP contribution in [0.2, 0.25) is 0 Å². The maximum atomic E-state index is 5.39. The van der Waals surface area contributed by atoms with Gasteiger partial charge in [0.05, 0.1) is 24.2 Å². The summed E-state index contributed by atoms with van der Waals surface area (Å²) >= 11 is 0. The van der Waals surface area contributed by atoms with Gasteiger partial charge in [-0.1, -0.05) is 200 Å². The van der Waals surface area contributed by atoms with Gasteiger partial charge < -0.3 is 5.32 Å². The summed E-state index contributed by atoms with van der Waals surface area (Å²) in [7, 11) is 0. The molecule has 11 rings (SSSR count). The first kappa shape index (κ1) is 36.0. The lowest BCUT2D eigenvalue weighted by molar-refractivity contribution is 0.203. The van der Waals surface area contributed by atoms with Crippen molar-refractivity contribution in [3.63, 3.8) is 0 Å². The smallest absolute Gasteiger partial charge is 0.145 e. The zero-order valence-electron chi connectivity index (χ0n) is 33.0. The van der Waals surface area contributed by atoms with Crippen LogP contribution in [0.15, 0.2) is 217 Å². The molecule has 5 heteroatoms. The molecule has 4 N–H and O–H groups in total. The van der Waals surface area contributed by atoms with Crippen molar-refractivity contribution in [3.8, 4) is 11.1 Å². The van der Waals surface area contributed by atoms with Crippen molar-refractivity contribution < 1.29 is 0 Å². The molecular weight excluding hydrogens is 731 g/mol. The monoisotopic (exact) mass is 773 g/mol. The third kappa shape index (κ3) is 6.85. The molecule has 9 aromatic rings. The van der Waals surface area contributed by atoms with Gasteiger partial charge in [-0.2, -0.15) is 0 Å². The van der Waals surface area contributed by atoms with E-state index in [4.69, 9.17) is 4.99 Å². The first-order valence-corrected chi connectivity index (χ1v) is 20.8. The first-order valence-electron chi connectivity index (χ1n) is 20.8. The van der Waals surface area contributed by atoms with Gasteiger partial charge in [-0.15, -0.1) is 0 Å². The van der Waals surface area contributed by atoms with E-state index in [2.05, 4.69) is 234 Å². The molecule has 1 fully saturated rings. The van der Waals surface area contributed by atoms with E-state index in [0.29, 0.717) is 0 Å². The van der Waals surface area contributed by atoms with Crippen LogP contribution in [-0.2, 0) is 0 Å². The van der Waals surface area contributed by atoms with E-state index in [9.17, 15) is 0 Å². The topological polar surface area (TPSA) is 60.5 Å². The highest BCUT2D eigenvalue weighted by atomic mass is 15.4. The highest BCUT2D eigenvalue weighted by molar-refractivity contribution is 6.16. The molecule has 0 spiro atoms. The van der Waals surface area contributed by atoms with Crippen LogP contribution < -0.4 is 21.3 Å². The van der Waals surface area contributed by atoms with Crippen LogP contribution in [0.3, 0.4) is 0 Å². The molecule has 2 aliphatic heterocycles. The van der Waals surface area contributed by atoms with Crippen molar-refractivity contribution in [2.45, 2.75) is 24.7 Å². The van der Waals surface area contributed by atoms with E-state index in [1.807, 2.05) is 0 Å². The third-order valence-corrected chi connectivity index (χ3v) is 12.0. The lowest BCUT2D eigenvalue weighted by Crippen LogP contribution is -2.54. The molecule has 3 unspecified atom stereocenters. The predicted molar refractivity (Wildman–Crippen MR) is 248 cm³/mol. The number of nitrogens with one attached hydrogen (secondary N) is 4. The molecule has 3 atom stereocenters. The van der Waals surface area contributed by atoms with Crippen molar-refractivity contribution in [1.82, 2.24) is 21.3 Å². The number of allylic oxidation sites excluding steroid dienone is 1. The quantitative estimate of drug-likeness (QED) is 0.122. The van der Waals surface area contributed by atoms with Crippen LogP contribution in [0, 0.1) is 0 Å². The summed E-state index contributed by atoms with van der Waals surface area (Å²) in [5.41, 5.74) is 11.3. The summed E-state index contributed by atoms with van der Waals surface area (Å²) in [5, 5.41) is 22.9. The Balaban J connectivity index is 0.979. The van der Waals surface area contributed by atoms with E-state index >= 15 is 0 Å². The summed E-state index contributed by atoms with van der Waals surface area (Å²) in [5.74, 6) is 0. The Bertz CT molecular complexity index is 3000. The fourth-order valence-electron chi connectivity index (χ4n) is 8.99. The summed E-state index contributed by atoms with van der Waals surface area (Å²) in [4.78, 5) is 5.39. The standard InChI is InChI=1S/C55H43N5/c1-4-16-38(17-5-1)49-35-50(44-31-32-46-43(34-44)29-24-36-14-10-12-22-45(36)46)57-52(56-49)42-27-25-39(26-28-42)51-47-23-13-11-15-37(47)30-33-48(51)55-59-53(40-18-6-2-7-19-40)58-54(60-55)41-20-8-3-9-21-41/h1-35,52-56,58-60H. The molecule has 2 aliphatic rings. The van der Waals surface area contributed by atoms with Gasteiger partial charge in [0.2, 0.25) is 0 Å². The summed E-state index contributed by atoms with van der Waals surface area (Å²) in [6.45, 7) is 0. The Morgan fingerprint density at radius 2 is 0.900 bits per heavy atom. The largest absolute Gasteiger partial charge is 0.360 e. The van der Waals surface area contributed by atoms with Crippen LogP contribution >= 0.6 is 0 Å². The predicted octanol–water partition coefficient (Wildman–Crippen LogP) is 12.1. The molecule has 288 valence electrons. The molecule has 60 heavy (non-hydrogen) atoms. The number of fused-ring (bicyclic) bond motifs is 4. The highest BCUT2D eigenvalue weighted by Gasteiger charge is 2.31. The van der Waals surface area contributed by atoms with E-state index < -0.39 is 0 Å². The molecule has 0 radical (unpaired) electrons. The maximum Gasteiger partial charge on any atom is 0.145 e. The van der Waals surface area contributed by atoms with Crippen molar-refractivity contribution >= 4 is 43.7 Å². The summed E-state index contributed by atoms with van der Waals surface area (Å²) in [6.07, 6.45) is 1.63. The zero-order chi connectivity index (χ0) is 39.8. The molecule has 0 bridgehead atoms. The second-order valence-electron chi connectivity index (χ2n) is 15.7. The van der Waals surface area contributed by atoms with Gasteiger partial charge in [0.15, 0.2) is 0 Å². The van der Waals surface area contributed by atoms with Gasteiger partial charge in [-0.25, -0.2) is 0 Å². The normalized spacial score (nSPS) is 19.1. The molecule has 0 aromatic heterocycles. The van der Waals surface area contributed by atoms with Gasteiger partial charge in [-0.3, -0.25) is 20.9 Å². The number of hydrogen-bond acceptors (Lipinski definition) is 5. The molecule has 0 amide bonds. The average molecular weight is 774 g/mol. The van der Waals surface area contributed by atoms with Crippen LogP contribution in [-0.4, -0.2) is 5.71 Å². The van der Waals surface area contributed by atoms with Crippen LogP contribution in [0.1, 0.15) is 58.0 Å².